The van der Waals surface area contributed by atoms with Gasteiger partial charge < -0.3 is 15.1 Å². The van der Waals surface area contributed by atoms with Gasteiger partial charge in [-0.15, -0.1) is 0 Å². The van der Waals surface area contributed by atoms with Crippen LogP contribution in [0, 0.1) is 10.1 Å². The van der Waals surface area contributed by atoms with Gasteiger partial charge in [0.2, 0.25) is 0 Å². The van der Waals surface area contributed by atoms with Gasteiger partial charge in [-0.1, -0.05) is 0 Å². The van der Waals surface area contributed by atoms with Gasteiger partial charge in [0, 0.05) is 25.2 Å². The zero-order valence-corrected chi connectivity index (χ0v) is 11.7. The van der Waals surface area contributed by atoms with Gasteiger partial charge in [0.1, 0.15) is 0 Å². The van der Waals surface area contributed by atoms with Gasteiger partial charge in [-0.3, -0.25) is 10.1 Å². The second-order valence-corrected chi connectivity index (χ2v) is 5.09. The van der Waals surface area contributed by atoms with Crippen LogP contribution in [-0.4, -0.2) is 39.8 Å². The van der Waals surface area contributed by atoms with Gasteiger partial charge in [0.15, 0.2) is 0 Å². The van der Waals surface area contributed by atoms with Crippen LogP contribution in [0.25, 0.3) is 0 Å². The fraction of sp³-hybridized carbons (Fsp3) is 0.462. The Morgan fingerprint density at radius 2 is 2.05 bits per heavy atom. The maximum absolute atomic E-state index is 11.3. The highest BCUT2D eigenvalue weighted by Gasteiger charge is 2.23. The lowest BCUT2D eigenvalue weighted by molar-refractivity contribution is -0.384. The first-order valence-corrected chi connectivity index (χ1v) is 6.14. The Morgan fingerprint density at radius 1 is 1.45 bits per heavy atom. The number of rotatable bonds is 6. The molecule has 0 fully saturated rings. The Hall–Kier alpha value is -2.15. The Bertz CT molecular complexity index is 522. The molecule has 2 N–H and O–H groups in total. The molecular formula is C13H18N2O5. The number of hydrogen-bond acceptors (Lipinski definition) is 5. The molecule has 0 radical (unpaired) electrons. The van der Waals surface area contributed by atoms with Crippen molar-refractivity contribution in [2.24, 2.45) is 0 Å². The van der Waals surface area contributed by atoms with Crippen LogP contribution in [-0.2, 0) is 0 Å². The van der Waals surface area contributed by atoms with Crippen molar-refractivity contribution in [1.82, 2.24) is 0 Å². The number of nitrogens with zero attached hydrogens (tertiary/aromatic N) is 2. The Kier molecular flexibility index (Phi) is 4.67. The molecule has 1 aromatic rings. The van der Waals surface area contributed by atoms with Crippen molar-refractivity contribution in [3.63, 3.8) is 0 Å². The van der Waals surface area contributed by atoms with Gasteiger partial charge >= 0.3 is 5.97 Å². The van der Waals surface area contributed by atoms with E-state index < -0.39 is 16.5 Å². The zero-order chi connectivity index (χ0) is 15.5. The lowest BCUT2D eigenvalue weighted by Gasteiger charge is -2.30. The van der Waals surface area contributed by atoms with Crippen LogP contribution in [0.3, 0.4) is 0 Å². The number of anilines is 1. The first-order valence-electron chi connectivity index (χ1n) is 6.14. The van der Waals surface area contributed by atoms with Gasteiger partial charge in [-0.25, -0.2) is 4.79 Å². The van der Waals surface area contributed by atoms with Crippen LogP contribution in [0.1, 0.15) is 31.1 Å². The third-order valence-corrected chi connectivity index (χ3v) is 2.72. The van der Waals surface area contributed by atoms with Crippen LogP contribution in [0.2, 0.25) is 0 Å². The van der Waals surface area contributed by atoms with Crippen molar-refractivity contribution >= 4 is 17.3 Å². The van der Waals surface area contributed by atoms with Crippen molar-refractivity contribution in [3.8, 4) is 0 Å². The van der Waals surface area contributed by atoms with Crippen LogP contribution >= 0.6 is 0 Å². The molecule has 110 valence electrons. The Balaban J connectivity index is 3.28. The highest BCUT2D eigenvalue weighted by atomic mass is 16.6. The van der Waals surface area contributed by atoms with Crippen molar-refractivity contribution in [1.29, 1.82) is 0 Å². The number of nitro benzene ring substituents is 1. The quantitative estimate of drug-likeness (QED) is 0.610. The van der Waals surface area contributed by atoms with E-state index in [4.69, 9.17) is 0 Å². The number of non-ortho nitro benzene ring substituents is 1. The average molecular weight is 282 g/mol. The third kappa shape index (κ3) is 3.92. The van der Waals surface area contributed by atoms with Crippen molar-refractivity contribution in [3.05, 3.63) is 33.9 Å². The summed E-state index contributed by atoms with van der Waals surface area (Å²) in [6, 6.07) is 3.69. The van der Waals surface area contributed by atoms with Crippen molar-refractivity contribution in [2.75, 3.05) is 18.0 Å². The van der Waals surface area contributed by atoms with Crippen LogP contribution in [0.5, 0.6) is 0 Å². The van der Waals surface area contributed by atoms with Crippen LogP contribution in [0.4, 0.5) is 11.4 Å². The summed E-state index contributed by atoms with van der Waals surface area (Å²) in [4.78, 5) is 23.0. The molecule has 0 heterocycles. The SMILES string of the molecule is CCN(CC(C)(C)O)c1ccc([N+](=O)[O-])cc1C(=O)O. The number of likely N-dealkylation sites (N-methyl/N-ethyl adjacent to an activating group) is 1. The topological polar surface area (TPSA) is 104 Å². The fourth-order valence-corrected chi connectivity index (χ4v) is 1.92. The van der Waals surface area contributed by atoms with E-state index in [-0.39, 0.29) is 17.8 Å². The Labute approximate surface area is 116 Å². The zero-order valence-electron chi connectivity index (χ0n) is 11.7. The van der Waals surface area contributed by atoms with E-state index in [0.717, 1.165) is 6.07 Å². The standard InChI is InChI=1S/C13H18N2O5/c1-4-14(8-13(2,3)18)11-6-5-9(15(19)20)7-10(11)12(16)17/h5-7,18H,4,8H2,1-3H3,(H,16,17). The van der Waals surface area contributed by atoms with E-state index >= 15 is 0 Å². The molecule has 0 saturated carbocycles. The predicted octanol–water partition coefficient (Wildman–Crippen LogP) is 1.89. The largest absolute Gasteiger partial charge is 0.478 e. The molecule has 1 rings (SSSR count). The van der Waals surface area contributed by atoms with Gasteiger partial charge in [0.25, 0.3) is 5.69 Å². The summed E-state index contributed by atoms with van der Waals surface area (Å²) in [7, 11) is 0. The highest BCUT2D eigenvalue weighted by Crippen LogP contribution is 2.26. The molecule has 0 spiro atoms. The lowest BCUT2D eigenvalue weighted by atomic mass is 10.1. The third-order valence-electron chi connectivity index (χ3n) is 2.72. The minimum Gasteiger partial charge on any atom is -0.478 e. The highest BCUT2D eigenvalue weighted by molar-refractivity contribution is 5.95. The Morgan fingerprint density at radius 3 is 2.45 bits per heavy atom. The number of aromatic carboxylic acids is 1. The van der Waals surface area contributed by atoms with E-state index in [1.165, 1.54) is 12.1 Å². The molecule has 0 aliphatic rings. The molecule has 0 saturated heterocycles. The molecule has 0 aliphatic carbocycles. The minimum absolute atomic E-state index is 0.148. The smallest absolute Gasteiger partial charge is 0.338 e. The molecule has 0 amide bonds. The number of benzene rings is 1. The number of aliphatic hydroxyl groups is 1. The molecular weight excluding hydrogens is 264 g/mol. The normalized spacial score (nSPS) is 11.2. The van der Waals surface area contributed by atoms with E-state index in [1.807, 2.05) is 6.92 Å². The molecule has 1 aromatic carbocycles. The number of nitro groups is 1. The molecule has 0 aliphatic heterocycles. The summed E-state index contributed by atoms with van der Waals surface area (Å²) in [5.41, 5.74) is -1.07. The van der Waals surface area contributed by atoms with Crippen molar-refractivity contribution < 1.29 is 19.9 Å². The summed E-state index contributed by atoms with van der Waals surface area (Å²) in [6.07, 6.45) is 0. The predicted molar refractivity (Wildman–Crippen MR) is 74.2 cm³/mol. The number of carbonyl (C=O) groups is 1. The maximum Gasteiger partial charge on any atom is 0.338 e. The summed E-state index contributed by atoms with van der Waals surface area (Å²) in [5, 5.41) is 29.8. The second kappa shape index (κ2) is 5.87. The fourth-order valence-electron chi connectivity index (χ4n) is 1.92. The molecule has 0 aromatic heterocycles. The molecule has 0 unspecified atom stereocenters. The first-order chi connectivity index (χ1) is 9.15. The van der Waals surface area contributed by atoms with Gasteiger partial charge in [-0.2, -0.15) is 0 Å². The second-order valence-electron chi connectivity index (χ2n) is 5.09. The maximum atomic E-state index is 11.3. The van der Waals surface area contributed by atoms with E-state index in [0.29, 0.717) is 12.2 Å². The molecule has 0 atom stereocenters. The molecule has 7 heteroatoms. The molecule has 20 heavy (non-hydrogen) atoms. The van der Waals surface area contributed by atoms with E-state index in [9.17, 15) is 25.1 Å². The van der Waals surface area contributed by atoms with Crippen LogP contribution < -0.4 is 4.90 Å². The average Bonchev–Trinajstić information content (AvgIpc) is 2.34. The van der Waals surface area contributed by atoms with Crippen LogP contribution in [0.15, 0.2) is 18.2 Å². The number of carboxylic acid groups (broad SMARTS) is 1. The summed E-state index contributed by atoms with van der Waals surface area (Å²) >= 11 is 0. The van der Waals surface area contributed by atoms with Gasteiger partial charge in [-0.05, 0) is 26.8 Å². The number of hydrogen-bond donors (Lipinski definition) is 2. The molecule has 0 bridgehead atoms. The summed E-state index contributed by atoms with van der Waals surface area (Å²) in [5.74, 6) is -1.24. The number of carboxylic acids is 1. The van der Waals surface area contributed by atoms with Crippen molar-refractivity contribution in [2.45, 2.75) is 26.4 Å². The lowest BCUT2D eigenvalue weighted by Crippen LogP contribution is -2.39. The van der Waals surface area contributed by atoms with E-state index in [2.05, 4.69) is 0 Å². The summed E-state index contributed by atoms with van der Waals surface area (Å²) < 4.78 is 0. The first kappa shape index (κ1) is 15.9. The summed E-state index contributed by atoms with van der Waals surface area (Å²) in [6.45, 7) is 5.74. The van der Waals surface area contributed by atoms with E-state index in [1.54, 1.807) is 18.7 Å². The monoisotopic (exact) mass is 282 g/mol. The molecule has 7 nitrogen and oxygen atoms in total. The minimum atomic E-state index is -1.24. The van der Waals surface area contributed by atoms with Gasteiger partial charge in [0.05, 0.1) is 21.8 Å².